The predicted molar refractivity (Wildman–Crippen MR) is 128 cm³/mol. The molecule has 0 aromatic rings. The topological polar surface area (TPSA) is 0 Å². The third-order valence-corrected chi connectivity index (χ3v) is 14.7. The van der Waals surface area contributed by atoms with Crippen LogP contribution in [0.3, 0.4) is 0 Å². The van der Waals surface area contributed by atoms with E-state index in [-0.39, 0.29) is 44.8 Å². The largest absolute Gasteiger partial charge is 1.00 e. The maximum absolute atomic E-state index is 2.63. The molecule has 1 atom stereocenters. The van der Waals surface area contributed by atoms with E-state index in [2.05, 4.69) is 132 Å². The van der Waals surface area contributed by atoms with Crippen LogP contribution < -0.4 is 24.8 Å². The molecule has 0 saturated heterocycles. The van der Waals surface area contributed by atoms with E-state index in [0.29, 0.717) is 0 Å². The van der Waals surface area contributed by atoms with Gasteiger partial charge < -0.3 is 24.8 Å². The van der Waals surface area contributed by atoms with Crippen LogP contribution in [0.25, 0.3) is 0 Å². The van der Waals surface area contributed by atoms with Gasteiger partial charge >= 0.3 is 193 Å². The van der Waals surface area contributed by atoms with Gasteiger partial charge in [-0.15, -0.1) is 0 Å². The zero-order valence-corrected chi connectivity index (χ0v) is 25.8. The molecule has 0 bridgehead atoms. The fourth-order valence-electron chi connectivity index (χ4n) is 4.69. The Morgan fingerprint density at radius 1 is 0.933 bits per heavy atom. The molecule has 30 heavy (non-hydrogen) atoms. The second-order valence-corrected chi connectivity index (χ2v) is 20.2. The van der Waals surface area contributed by atoms with E-state index in [0.717, 1.165) is 12.8 Å². The third kappa shape index (κ3) is 6.23. The Bertz CT molecular complexity index is 755. The minimum atomic E-state index is -1.81. The van der Waals surface area contributed by atoms with Crippen LogP contribution in [0, 0.1) is 10.8 Å². The molecule has 0 aliphatic heterocycles. The van der Waals surface area contributed by atoms with E-state index in [1.807, 2.05) is 0 Å². The van der Waals surface area contributed by atoms with Crippen LogP contribution in [-0.4, -0.2) is 17.2 Å². The number of allylic oxidation sites excluding steroid dienone is 7. The van der Waals surface area contributed by atoms with Gasteiger partial charge in [-0.2, -0.15) is 0 Å². The Morgan fingerprint density at radius 2 is 1.47 bits per heavy atom. The van der Waals surface area contributed by atoms with Gasteiger partial charge in [0.15, 0.2) is 0 Å². The van der Waals surface area contributed by atoms with Gasteiger partial charge in [0, 0.05) is 0 Å². The summed E-state index contributed by atoms with van der Waals surface area (Å²) < 4.78 is 2.01. The molecule has 2 rings (SSSR count). The molecule has 5 heteroatoms. The van der Waals surface area contributed by atoms with E-state index in [4.69, 9.17) is 0 Å². The van der Waals surface area contributed by atoms with Crippen LogP contribution >= 0.6 is 11.8 Å². The van der Waals surface area contributed by atoms with Gasteiger partial charge in [0.25, 0.3) is 0 Å². The maximum Gasteiger partial charge on any atom is -1.00 e. The van der Waals surface area contributed by atoms with Crippen molar-refractivity contribution in [2.75, 3.05) is 0 Å². The molecule has 0 aromatic carbocycles. The fourth-order valence-corrected chi connectivity index (χ4v) is 14.0. The SMILES string of the molecule is CC(C)(C)SC1([Si](C)(C)C2=[C]([Ti+2])CC=C2)CC=C(C(C)(C)C)C=C1C(C)(C)C.[Cl-].[Cl-]. The first-order valence-corrected chi connectivity index (χ1v) is 15.3. The van der Waals surface area contributed by atoms with Gasteiger partial charge in [-0.05, 0) is 0 Å². The summed E-state index contributed by atoms with van der Waals surface area (Å²) in [6, 6.07) is 0. The van der Waals surface area contributed by atoms with E-state index in [1.54, 1.807) is 14.6 Å². The Morgan fingerprint density at radius 3 is 1.83 bits per heavy atom. The number of thioether (sulfide) groups is 1. The van der Waals surface area contributed by atoms with Crippen molar-refractivity contribution >= 4 is 19.8 Å². The van der Waals surface area contributed by atoms with E-state index >= 15 is 0 Å². The molecule has 0 saturated carbocycles. The van der Waals surface area contributed by atoms with Crippen LogP contribution in [0.1, 0.15) is 75.2 Å². The van der Waals surface area contributed by atoms with Crippen LogP contribution in [0.5, 0.6) is 0 Å². The smallest absolute Gasteiger partial charge is 1.00 e. The average molecular weight is 521 g/mol. The van der Waals surface area contributed by atoms with Crippen LogP contribution in [0.15, 0.2) is 44.5 Å². The molecule has 0 heterocycles. The van der Waals surface area contributed by atoms with Crippen molar-refractivity contribution in [3.63, 3.8) is 0 Å². The second-order valence-electron chi connectivity index (χ2n) is 12.1. The molecular weight excluding hydrogens is 479 g/mol. The van der Waals surface area contributed by atoms with Crippen molar-refractivity contribution in [2.24, 2.45) is 10.8 Å². The van der Waals surface area contributed by atoms with Crippen molar-refractivity contribution in [1.29, 1.82) is 0 Å². The minimum Gasteiger partial charge on any atom is -1.00 e. The third-order valence-electron chi connectivity index (χ3n) is 6.11. The summed E-state index contributed by atoms with van der Waals surface area (Å²) in [5, 5.41) is 1.69. The predicted octanol–water partition coefficient (Wildman–Crippen LogP) is 2.16. The Hall–Kier alpha value is 0.821. The summed E-state index contributed by atoms with van der Waals surface area (Å²) in [4.78, 5) is 0. The van der Waals surface area contributed by atoms with Crippen molar-refractivity contribution in [3.05, 3.63) is 44.5 Å². The van der Waals surface area contributed by atoms with Crippen LogP contribution in [0.2, 0.25) is 13.1 Å². The van der Waals surface area contributed by atoms with Gasteiger partial charge in [0.1, 0.15) is 0 Å². The van der Waals surface area contributed by atoms with Crippen LogP contribution in [0.4, 0.5) is 0 Å². The van der Waals surface area contributed by atoms with Crippen LogP contribution in [-0.2, 0) is 20.4 Å². The summed E-state index contributed by atoms with van der Waals surface area (Å²) in [5.74, 6) is 0. The van der Waals surface area contributed by atoms with Gasteiger partial charge in [0.05, 0.1) is 0 Å². The zero-order chi connectivity index (χ0) is 21.8. The molecular formula is C25H41Cl2SSiTi. The zero-order valence-electron chi connectivity index (χ0n) is 20.9. The number of hydrogen-bond donors (Lipinski definition) is 0. The van der Waals surface area contributed by atoms with Crippen molar-refractivity contribution < 1.29 is 45.2 Å². The summed E-state index contributed by atoms with van der Waals surface area (Å²) in [6.07, 6.45) is 12.3. The quantitative estimate of drug-likeness (QED) is 0.515. The van der Waals surface area contributed by atoms with Crippen molar-refractivity contribution in [1.82, 2.24) is 0 Å². The molecule has 0 nitrogen and oxygen atoms in total. The van der Waals surface area contributed by atoms with Gasteiger partial charge in [-0.25, -0.2) is 0 Å². The van der Waals surface area contributed by atoms with Crippen molar-refractivity contribution in [2.45, 2.75) is 97.4 Å². The monoisotopic (exact) mass is 519 g/mol. The number of halogens is 2. The molecule has 0 aromatic heterocycles. The Balaban J connectivity index is 0.00000420. The molecule has 1 unspecified atom stereocenters. The number of hydrogen-bond acceptors (Lipinski definition) is 1. The Labute approximate surface area is 216 Å². The number of rotatable bonds is 3. The standard InChI is InChI=1S/C25H41SSi.2ClH.Ti/c1-22(2,3)19-16-17-25(26-24(7,8)9,21(18-19)23(4,5)6)27(10,11)20-14-12-13-15-20;;;/h12,14,16,18H,13,17H2,1-11H3;2*1H;/q;;;+2/p-2. The molecule has 2 aliphatic carbocycles. The normalized spacial score (nSPS) is 23.0. The molecule has 0 radical (unpaired) electrons. The minimum absolute atomic E-state index is 0. The van der Waals surface area contributed by atoms with Gasteiger partial charge in [-0.3, -0.25) is 0 Å². The van der Waals surface area contributed by atoms with Gasteiger partial charge in [-0.1, -0.05) is 0 Å². The van der Waals surface area contributed by atoms with E-state index in [9.17, 15) is 0 Å². The molecule has 0 amide bonds. The average Bonchev–Trinajstić information content (AvgIpc) is 2.90. The molecule has 0 spiro atoms. The van der Waals surface area contributed by atoms with Gasteiger partial charge in [0.2, 0.25) is 0 Å². The molecule has 0 N–H and O–H groups in total. The summed E-state index contributed by atoms with van der Waals surface area (Å²) in [7, 11) is -1.81. The van der Waals surface area contributed by atoms with Crippen molar-refractivity contribution in [3.8, 4) is 0 Å². The second kappa shape index (κ2) is 9.98. The molecule has 2 aliphatic rings. The first-order chi connectivity index (χ1) is 12.4. The first kappa shape index (κ1) is 30.8. The Kier molecular flexibility index (Phi) is 10.3. The first-order valence-electron chi connectivity index (χ1n) is 10.7. The molecule has 169 valence electrons. The van der Waals surface area contributed by atoms with E-state index in [1.165, 1.54) is 5.57 Å². The summed E-state index contributed by atoms with van der Waals surface area (Å²) in [6.45, 7) is 26.8. The summed E-state index contributed by atoms with van der Waals surface area (Å²) in [5.41, 5.74) is 3.54. The maximum atomic E-state index is 2.63. The van der Waals surface area contributed by atoms with E-state index < -0.39 is 8.07 Å². The summed E-state index contributed by atoms with van der Waals surface area (Å²) >= 11 is 4.61. The molecule has 0 fully saturated rings. The fraction of sp³-hybridized carbons (Fsp3) is 0.680.